The third-order valence-corrected chi connectivity index (χ3v) is 3.53. The average Bonchev–Trinajstić information content (AvgIpc) is 2.13. The smallest absolute Gasteiger partial charge is 0.410 e. The van der Waals surface area contributed by atoms with Crippen LogP contribution >= 0.6 is 0 Å². The number of amides is 1. The zero-order valence-electron chi connectivity index (χ0n) is 11.2. The van der Waals surface area contributed by atoms with E-state index in [2.05, 4.69) is 5.32 Å². The molecular formula is C13H24N2O2. The molecule has 0 aliphatic carbocycles. The molecule has 2 fully saturated rings. The molecule has 17 heavy (non-hydrogen) atoms. The lowest BCUT2D eigenvalue weighted by Crippen LogP contribution is -2.58. The van der Waals surface area contributed by atoms with Crippen LogP contribution in [0.4, 0.5) is 4.79 Å². The Balaban J connectivity index is 1.97. The first-order valence-corrected chi connectivity index (χ1v) is 6.68. The summed E-state index contributed by atoms with van der Waals surface area (Å²) < 4.78 is 5.49. The molecule has 2 heterocycles. The third-order valence-electron chi connectivity index (χ3n) is 3.53. The second kappa shape index (κ2) is 4.84. The fourth-order valence-electron chi connectivity index (χ4n) is 2.58. The van der Waals surface area contributed by atoms with Gasteiger partial charge < -0.3 is 15.0 Å². The fraction of sp³-hybridized carbons (Fsp3) is 0.923. The lowest BCUT2D eigenvalue weighted by Gasteiger charge is -2.44. The van der Waals surface area contributed by atoms with Crippen molar-refractivity contribution in [2.45, 2.75) is 51.7 Å². The van der Waals surface area contributed by atoms with Gasteiger partial charge in [-0.1, -0.05) is 0 Å². The zero-order valence-corrected chi connectivity index (χ0v) is 11.2. The molecule has 4 nitrogen and oxygen atoms in total. The van der Waals surface area contributed by atoms with Crippen molar-refractivity contribution in [3.05, 3.63) is 0 Å². The van der Waals surface area contributed by atoms with Crippen LogP contribution in [-0.4, -0.2) is 42.3 Å². The summed E-state index contributed by atoms with van der Waals surface area (Å²) in [6, 6.07) is 0.389. The molecule has 0 bridgehead atoms. The van der Waals surface area contributed by atoms with Gasteiger partial charge in [-0.15, -0.1) is 0 Å². The van der Waals surface area contributed by atoms with Gasteiger partial charge in [-0.3, -0.25) is 0 Å². The molecule has 0 unspecified atom stereocenters. The lowest BCUT2D eigenvalue weighted by molar-refractivity contribution is -0.00302. The highest BCUT2D eigenvalue weighted by Crippen LogP contribution is 2.27. The topological polar surface area (TPSA) is 41.6 Å². The van der Waals surface area contributed by atoms with E-state index in [1.54, 1.807) is 0 Å². The van der Waals surface area contributed by atoms with Crippen molar-refractivity contribution >= 4 is 6.09 Å². The van der Waals surface area contributed by atoms with E-state index in [0.29, 0.717) is 12.0 Å². The number of nitrogens with zero attached hydrogens (tertiary/aromatic N) is 1. The number of likely N-dealkylation sites (tertiary alicyclic amines) is 1. The van der Waals surface area contributed by atoms with E-state index < -0.39 is 5.60 Å². The molecule has 2 aliphatic heterocycles. The summed E-state index contributed by atoms with van der Waals surface area (Å²) in [6.07, 6.45) is 3.34. The molecule has 1 amide bonds. The first-order valence-electron chi connectivity index (χ1n) is 6.68. The molecule has 1 atom stereocenters. The Morgan fingerprint density at radius 2 is 2.00 bits per heavy atom. The molecule has 0 aromatic carbocycles. The summed E-state index contributed by atoms with van der Waals surface area (Å²) in [5.74, 6) is 0.628. The van der Waals surface area contributed by atoms with E-state index in [4.69, 9.17) is 4.74 Å². The van der Waals surface area contributed by atoms with Crippen molar-refractivity contribution in [3.63, 3.8) is 0 Å². The molecule has 0 spiro atoms. The Kier molecular flexibility index (Phi) is 3.61. The Morgan fingerprint density at radius 1 is 1.29 bits per heavy atom. The Bertz CT molecular complexity index is 282. The number of hydrogen-bond acceptors (Lipinski definition) is 3. The summed E-state index contributed by atoms with van der Waals surface area (Å²) in [6.45, 7) is 8.72. The predicted octanol–water partition coefficient (Wildman–Crippen LogP) is 2.00. The Labute approximate surface area is 104 Å². The number of rotatable bonds is 1. The van der Waals surface area contributed by atoms with E-state index in [1.807, 2.05) is 25.7 Å². The number of piperidine rings is 1. The van der Waals surface area contributed by atoms with Crippen molar-refractivity contribution in [3.8, 4) is 0 Å². The molecule has 4 heteroatoms. The van der Waals surface area contributed by atoms with Crippen molar-refractivity contribution in [2.24, 2.45) is 5.92 Å². The fourth-order valence-corrected chi connectivity index (χ4v) is 2.58. The van der Waals surface area contributed by atoms with Crippen LogP contribution in [0.25, 0.3) is 0 Å². The van der Waals surface area contributed by atoms with Crippen LogP contribution in [0.15, 0.2) is 0 Å². The second-order valence-corrected chi connectivity index (χ2v) is 6.16. The van der Waals surface area contributed by atoms with E-state index in [0.717, 1.165) is 32.5 Å². The van der Waals surface area contributed by atoms with Crippen molar-refractivity contribution in [1.82, 2.24) is 10.2 Å². The number of hydrogen-bond donors (Lipinski definition) is 1. The molecule has 0 radical (unpaired) electrons. The maximum absolute atomic E-state index is 12.2. The van der Waals surface area contributed by atoms with Crippen LogP contribution in [-0.2, 0) is 4.74 Å². The molecule has 98 valence electrons. The Hall–Kier alpha value is -0.770. The van der Waals surface area contributed by atoms with Gasteiger partial charge in [-0.2, -0.15) is 0 Å². The van der Waals surface area contributed by atoms with Gasteiger partial charge in [0.15, 0.2) is 0 Å². The number of nitrogens with one attached hydrogen (secondary N) is 1. The summed E-state index contributed by atoms with van der Waals surface area (Å²) in [5, 5.41) is 3.29. The zero-order chi connectivity index (χ0) is 12.5. The monoisotopic (exact) mass is 240 g/mol. The molecule has 2 aliphatic rings. The maximum atomic E-state index is 12.2. The van der Waals surface area contributed by atoms with E-state index in [-0.39, 0.29) is 6.09 Å². The van der Waals surface area contributed by atoms with Crippen molar-refractivity contribution in [1.29, 1.82) is 0 Å². The van der Waals surface area contributed by atoms with E-state index in [1.165, 1.54) is 6.42 Å². The minimum Gasteiger partial charge on any atom is -0.444 e. The molecule has 0 aromatic heterocycles. The van der Waals surface area contributed by atoms with Crippen LogP contribution in [0, 0.1) is 5.92 Å². The van der Waals surface area contributed by atoms with Gasteiger partial charge in [0.05, 0.1) is 0 Å². The average molecular weight is 240 g/mol. The molecule has 0 aromatic rings. The van der Waals surface area contributed by atoms with Gasteiger partial charge >= 0.3 is 6.09 Å². The number of carbonyl (C=O) groups excluding carboxylic acids is 1. The molecule has 2 saturated heterocycles. The highest BCUT2D eigenvalue weighted by atomic mass is 16.6. The normalized spacial score (nSPS) is 26.5. The van der Waals surface area contributed by atoms with Gasteiger partial charge in [0, 0.05) is 31.6 Å². The van der Waals surface area contributed by atoms with Crippen LogP contribution < -0.4 is 5.32 Å². The van der Waals surface area contributed by atoms with Crippen molar-refractivity contribution < 1.29 is 9.53 Å². The van der Waals surface area contributed by atoms with Gasteiger partial charge in [-0.05, 0) is 40.0 Å². The highest BCUT2D eigenvalue weighted by molar-refractivity contribution is 5.68. The summed E-state index contributed by atoms with van der Waals surface area (Å²) in [5.41, 5.74) is -0.392. The third kappa shape index (κ3) is 3.12. The number of carbonyl (C=O) groups is 1. The lowest BCUT2D eigenvalue weighted by atomic mass is 9.86. The predicted molar refractivity (Wildman–Crippen MR) is 66.9 cm³/mol. The molecule has 0 saturated carbocycles. The van der Waals surface area contributed by atoms with Crippen LogP contribution in [0.1, 0.15) is 40.0 Å². The molecular weight excluding hydrogens is 216 g/mol. The largest absolute Gasteiger partial charge is 0.444 e. The second-order valence-electron chi connectivity index (χ2n) is 6.16. The minimum absolute atomic E-state index is 0.130. The SMILES string of the molecule is CC(C)(C)OC(=O)N1CCCC[C@H]1C1CNC1. The maximum Gasteiger partial charge on any atom is 0.410 e. The quantitative estimate of drug-likeness (QED) is 0.762. The van der Waals surface area contributed by atoms with E-state index >= 15 is 0 Å². The van der Waals surface area contributed by atoms with Gasteiger partial charge in [0.25, 0.3) is 0 Å². The van der Waals surface area contributed by atoms with Crippen LogP contribution in [0.3, 0.4) is 0 Å². The molecule has 1 N–H and O–H groups in total. The molecule has 2 rings (SSSR count). The number of ether oxygens (including phenoxy) is 1. The van der Waals surface area contributed by atoms with Crippen LogP contribution in [0.2, 0.25) is 0 Å². The first-order chi connectivity index (χ1) is 7.97. The summed E-state index contributed by atoms with van der Waals surface area (Å²) in [7, 11) is 0. The van der Waals surface area contributed by atoms with E-state index in [9.17, 15) is 4.79 Å². The summed E-state index contributed by atoms with van der Waals surface area (Å²) in [4.78, 5) is 14.1. The highest BCUT2D eigenvalue weighted by Gasteiger charge is 2.37. The van der Waals surface area contributed by atoms with Gasteiger partial charge in [0.1, 0.15) is 5.60 Å². The van der Waals surface area contributed by atoms with Crippen LogP contribution in [0.5, 0.6) is 0 Å². The van der Waals surface area contributed by atoms with Gasteiger partial charge in [-0.25, -0.2) is 4.79 Å². The first kappa shape index (κ1) is 12.7. The minimum atomic E-state index is -0.392. The standard InChI is InChI=1S/C13H24N2O2/c1-13(2,3)17-12(16)15-7-5-4-6-11(15)10-8-14-9-10/h10-11,14H,4-9H2,1-3H3/t11-/m0/s1. The summed E-state index contributed by atoms with van der Waals surface area (Å²) >= 11 is 0. The van der Waals surface area contributed by atoms with Crippen molar-refractivity contribution in [2.75, 3.05) is 19.6 Å². The van der Waals surface area contributed by atoms with Gasteiger partial charge in [0.2, 0.25) is 0 Å². The Morgan fingerprint density at radius 3 is 2.53 bits per heavy atom.